The van der Waals surface area contributed by atoms with E-state index < -0.39 is 0 Å². The molecule has 0 N–H and O–H groups in total. The SMILES string of the molecule is Cc1c(Cc2ccccc2)nnc(N2CCC(N3Cc4ccccc4C3)CC2)c1C. The predicted molar refractivity (Wildman–Crippen MR) is 122 cm³/mol. The van der Waals surface area contributed by atoms with Gasteiger partial charge in [0, 0.05) is 38.6 Å². The number of rotatable bonds is 4. The standard InChI is InChI=1S/C26H30N4/c1-19-20(2)26(28-27-25(19)16-21-8-4-3-5-9-21)29-14-12-24(13-15-29)30-17-22-10-6-7-11-23(22)18-30/h3-11,24H,12-18H2,1-2H3. The van der Waals surface area contributed by atoms with Crippen molar-refractivity contribution in [1.29, 1.82) is 0 Å². The number of nitrogens with zero attached hydrogens (tertiary/aromatic N) is 4. The van der Waals surface area contributed by atoms with E-state index in [0.717, 1.165) is 44.1 Å². The lowest BCUT2D eigenvalue weighted by molar-refractivity contribution is 0.170. The molecule has 4 heteroatoms. The van der Waals surface area contributed by atoms with Crippen LogP contribution in [0.5, 0.6) is 0 Å². The lowest BCUT2D eigenvalue weighted by Gasteiger charge is -2.37. The Labute approximate surface area is 179 Å². The van der Waals surface area contributed by atoms with Crippen LogP contribution in [0.1, 0.15) is 46.4 Å². The summed E-state index contributed by atoms with van der Waals surface area (Å²) in [5.74, 6) is 1.08. The molecule has 0 saturated carbocycles. The molecule has 0 atom stereocenters. The van der Waals surface area contributed by atoms with Crippen LogP contribution in [-0.4, -0.2) is 34.2 Å². The van der Waals surface area contributed by atoms with Crippen LogP contribution in [0, 0.1) is 13.8 Å². The fourth-order valence-electron chi connectivity index (χ4n) is 4.96. The third-order valence-electron chi connectivity index (χ3n) is 6.96. The third kappa shape index (κ3) is 3.72. The molecule has 2 aromatic carbocycles. The molecule has 2 aliphatic heterocycles. The van der Waals surface area contributed by atoms with Crippen LogP contribution in [0.2, 0.25) is 0 Å². The third-order valence-corrected chi connectivity index (χ3v) is 6.96. The van der Waals surface area contributed by atoms with Crippen LogP contribution >= 0.6 is 0 Å². The Morgan fingerprint density at radius 3 is 2.10 bits per heavy atom. The van der Waals surface area contributed by atoms with E-state index in [2.05, 4.69) is 88.4 Å². The van der Waals surface area contributed by atoms with Crippen LogP contribution in [0.25, 0.3) is 0 Å². The van der Waals surface area contributed by atoms with E-state index in [9.17, 15) is 0 Å². The fourth-order valence-corrected chi connectivity index (χ4v) is 4.96. The smallest absolute Gasteiger partial charge is 0.154 e. The maximum Gasteiger partial charge on any atom is 0.154 e. The molecule has 0 bridgehead atoms. The van der Waals surface area contributed by atoms with Gasteiger partial charge in [-0.3, -0.25) is 4.90 Å². The molecule has 0 spiro atoms. The molecule has 1 saturated heterocycles. The van der Waals surface area contributed by atoms with Crippen molar-refractivity contribution < 1.29 is 0 Å². The van der Waals surface area contributed by atoms with Crippen molar-refractivity contribution >= 4 is 5.82 Å². The fraction of sp³-hybridized carbons (Fsp3) is 0.385. The monoisotopic (exact) mass is 398 g/mol. The van der Waals surface area contributed by atoms with Crippen molar-refractivity contribution in [3.8, 4) is 0 Å². The second-order valence-electron chi connectivity index (χ2n) is 8.77. The Kier molecular flexibility index (Phi) is 5.26. The second kappa shape index (κ2) is 8.19. The zero-order valence-corrected chi connectivity index (χ0v) is 18.0. The second-order valence-corrected chi connectivity index (χ2v) is 8.77. The minimum atomic E-state index is 0.667. The average Bonchev–Trinajstić information content (AvgIpc) is 3.22. The van der Waals surface area contributed by atoms with E-state index in [-0.39, 0.29) is 0 Å². The highest BCUT2D eigenvalue weighted by Crippen LogP contribution is 2.31. The van der Waals surface area contributed by atoms with Gasteiger partial charge >= 0.3 is 0 Å². The Balaban J connectivity index is 1.25. The molecule has 5 rings (SSSR count). The van der Waals surface area contributed by atoms with Gasteiger partial charge in [0.05, 0.1) is 5.69 Å². The van der Waals surface area contributed by atoms with Crippen LogP contribution in [0.4, 0.5) is 5.82 Å². The first-order valence-corrected chi connectivity index (χ1v) is 11.1. The van der Waals surface area contributed by atoms with Crippen molar-refractivity contribution in [3.63, 3.8) is 0 Å². The zero-order chi connectivity index (χ0) is 20.5. The Bertz CT molecular complexity index is 997. The van der Waals surface area contributed by atoms with Crippen LogP contribution < -0.4 is 4.90 Å². The summed E-state index contributed by atoms with van der Waals surface area (Å²) in [7, 11) is 0. The topological polar surface area (TPSA) is 32.3 Å². The Morgan fingerprint density at radius 2 is 1.43 bits per heavy atom. The van der Waals surface area contributed by atoms with Crippen molar-refractivity contribution in [3.05, 3.63) is 88.1 Å². The van der Waals surface area contributed by atoms with Crippen molar-refractivity contribution in [1.82, 2.24) is 15.1 Å². The molecule has 1 fully saturated rings. The normalized spacial score (nSPS) is 17.3. The Hall–Kier alpha value is -2.72. The summed E-state index contributed by atoms with van der Waals surface area (Å²) in [6.45, 7) is 8.73. The summed E-state index contributed by atoms with van der Waals surface area (Å²) in [4.78, 5) is 5.11. The largest absolute Gasteiger partial charge is 0.355 e. The Morgan fingerprint density at radius 1 is 0.800 bits per heavy atom. The average molecular weight is 399 g/mol. The maximum absolute atomic E-state index is 4.68. The number of hydrogen-bond acceptors (Lipinski definition) is 4. The van der Waals surface area contributed by atoms with Gasteiger partial charge in [-0.25, -0.2) is 0 Å². The highest BCUT2D eigenvalue weighted by Gasteiger charge is 2.30. The first-order valence-electron chi connectivity index (χ1n) is 11.1. The molecule has 1 aromatic heterocycles. The van der Waals surface area contributed by atoms with Gasteiger partial charge in [-0.05, 0) is 54.5 Å². The van der Waals surface area contributed by atoms with Crippen LogP contribution in [0.15, 0.2) is 54.6 Å². The highest BCUT2D eigenvalue weighted by molar-refractivity contribution is 5.51. The van der Waals surface area contributed by atoms with Gasteiger partial charge in [-0.1, -0.05) is 54.6 Å². The quantitative estimate of drug-likeness (QED) is 0.639. The number of hydrogen-bond donors (Lipinski definition) is 0. The first kappa shape index (κ1) is 19.3. The molecule has 0 radical (unpaired) electrons. The molecule has 0 aliphatic carbocycles. The number of benzene rings is 2. The van der Waals surface area contributed by atoms with Crippen LogP contribution in [0.3, 0.4) is 0 Å². The molecular weight excluding hydrogens is 368 g/mol. The first-order chi connectivity index (χ1) is 14.7. The molecule has 0 unspecified atom stereocenters. The highest BCUT2D eigenvalue weighted by atomic mass is 15.3. The van der Waals surface area contributed by atoms with Gasteiger partial charge in [0.1, 0.15) is 0 Å². The minimum Gasteiger partial charge on any atom is -0.355 e. The van der Waals surface area contributed by atoms with Crippen molar-refractivity contribution in [2.75, 3.05) is 18.0 Å². The van der Waals surface area contributed by atoms with E-state index in [1.807, 2.05) is 0 Å². The van der Waals surface area contributed by atoms with Gasteiger partial charge in [0.25, 0.3) is 0 Å². The number of anilines is 1. The van der Waals surface area contributed by atoms with E-state index in [4.69, 9.17) is 0 Å². The van der Waals surface area contributed by atoms with E-state index in [1.54, 1.807) is 0 Å². The number of aromatic nitrogens is 2. The minimum absolute atomic E-state index is 0.667. The summed E-state index contributed by atoms with van der Waals surface area (Å²) in [6.07, 6.45) is 3.23. The molecule has 4 nitrogen and oxygen atoms in total. The molecule has 3 heterocycles. The number of fused-ring (bicyclic) bond motifs is 1. The molecule has 0 amide bonds. The predicted octanol–water partition coefficient (Wildman–Crippen LogP) is 4.67. The summed E-state index contributed by atoms with van der Waals surface area (Å²) in [6, 6.07) is 20.1. The van der Waals surface area contributed by atoms with Crippen molar-refractivity contribution in [2.45, 2.75) is 52.2 Å². The lowest BCUT2D eigenvalue weighted by atomic mass is 10.0. The molecule has 30 heavy (non-hydrogen) atoms. The molecule has 154 valence electrons. The van der Waals surface area contributed by atoms with Gasteiger partial charge in [-0.15, -0.1) is 5.10 Å². The van der Waals surface area contributed by atoms with Gasteiger partial charge in [0.2, 0.25) is 0 Å². The van der Waals surface area contributed by atoms with E-state index >= 15 is 0 Å². The van der Waals surface area contributed by atoms with Gasteiger partial charge < -0.3 is 4.90 Å². The lowest BCUT2D eigenvalue weighted by Crippen LogP contribution is -2.43. The van der Waals surface area contributed by atoms with E-state index in [0.29, 0.717) is 6.04 Å². The summed E-state index contributed by atoms with van der Waals surface area (Å²) >= 11 is 0. The van der Waals surface area contributed by atoms with Gasteiger partial charge in [-0.2, -0.15) is 5.10 Å². The summed E-state index contributed by atoms with van der Waals surface area (Å²) < 4.78 is 0. The number of piperidine rings is 1. The summed E-state index contributed by atoms with van der Waals surface area (Å²) in [5.41, 5.74) is 7.95. The summed E-state index contributed by atoms with van der Waals surface area (Å²) in [5, 5.41) is 9.31. The van der Waals surface area contributed by atoms with Gasteiger partial charge in [0.15, 0.2) is 5.82 Å². The molecule has 2 aliphatic rings. The molecular formula is C26H30N4. The van der Waals surface area contributed by atoms with Crippen molar-refractivity contribution in [2.24, 2.45) is 0 Å². The molecule has 3 aromatic rings. The van der Waals surface area contributed by atoms with Crippen LogP contribution in [-0.2, 0) is 19.5 Å². The maximum atomic E-state index is 4.68. The zero-order valence-electron chi connectivity index (χ0n) is 18.0. The van der Waals surface area contributed by atoms with E-state index in [1.165, 1.54) is 40.7 Å².